The van der Waals surface area contributed by atoms with Crippen molar-refractivity contribution in [1.82, 2.24) is 0 Å². The molecule has 2 aromatic carbocycles. The molecule has 0 bridgehead atoms. The van der Waals surface area contributed by atoms with Crippen LogP contribution in [0.25, 0.3) is 0 Å². The molecule has 0 aromatic heterocycles. The van der Waals surface area contributed by atoms with E-state index >= 15 is 0 Å². The average molecular weight is 338 g/mol. The van der Waals surface area contributed by atoms with Crippen LogP contribution >= 0.6 is 0 Å². The number of benzene rings is 2. The fourth-order valence-corrected chi connectivity index (χ4v) is 3.09. The lowest BCUT2D eigenvalue weighted by Crippen LogP contribution is -2.28. The SMILES string of the molecule is COc1cccc(NC(=O)[C@@H]2CC(=O)N(c3cccc(C)c3C)C2)c1. The fraction of sp³-hybridized carbons (Fsp3) is 0.300. The Balaban J connectivity index is 1.73. The van der Waals surface area contributed by atoms with Crippen molar-refractivity contribution in [2.45, 2.75) is 20.3 Å². The van der Waals surface area contributed by atoms with E-state index in [1.54, 1.807) is 24.1 Å². The number of rotatable bonds is 4. The van der Waals surface area contributed by atoms with Crippen LogP contribution in [0.15, 0.2) is 42.5 Å². The van der Waals surface area contributed by atoms with Crippen LogP contribution in [0.4, 0.5) is 11.4 Å². The molecule has 1 atom stereocenters. The molecule has 1 fully saturated rings. The second-order valence-corrected chi connectivity index (χ2v) is 6.35. The number of nitrogens with one attached hydrogen (secondary N) is 1. The molecule has 2 amide bonds. The number of carbonyl (C=O) groups is 2. The maximum atomic E-state index is 12.6. The summed E-state index contributed by atoms with van der Waals surface area (Å²) in [6.07, 6.45) is 0.225. The normalized spacial score (nSPS) is 16.8. The Morgan fingerprint density at radius 2 is 1.96 bits per heavy atom. The van der Waals surface area contributed by atoms with Gasteiger partial charge in [0.1, 0.15) is 5.75 Å². The van der Waals surface area contributed by atoms with Gasteiger partial charge in [-0.25, -0.2) is 0 Å². The number of methoxy groups -OCH3 is 1. The van der Waals surface area contributed by atoms with Gasteiger partial charge in [0.25, 0.3) is 0 Å². The van der Waals surface area contributed by atoms with Gasteiger partial charge in [0, 0.05) is 30.4 Å². The monoisotopic (exact) mass is 338 g/mol. The summed E-state index contributed by atoms with van der Waals surface area (Å²) >= 11 is 0. The van der Waals surface area contributed by atoms with Crippen molar-refractivity contribution in [3.8, 4) is 5.75 Å². The van der Waals surface area contributed by atoms with E-state index in [0.717, 1.165) is 16.8 Å². The molecule has 3 rings (SSSR count). The van der Waals surface area contributed by atoms with Crippen LogP contribution < -0.4 is 15.0 Å². The third-order valence-corrected chi connectivity index (χ3v) is 4.70. The Morgan fingerprint density at radius 1 is 1.20 bits per heavy atom. The van der Waals surface area contributed by atoms with Crippen molar-refractivity contribution in [3.05, 3.63) is 53.6 Å². The van der Waals surface area contributed by atoms with Crippen molar-refractivity contribution in [2.75, 3.05) is 23.9 Å². The maximum Gasteiger partial charge on any atom is 0.229 e. The van der Waals surface area contributed by atoms with Gasteiger partial charge in [-0.15, -0.1) is 0 Å². The van der Waals surface area contributed by atoms with Crippen LogP contribution in [0, 0.1) is 19.8 Å². The number of nitrogens with zero attached hydrogens (tertiary/aromatic N) is 1. The third-order valence-electron chi connectivity index (χ3n) is 4.70. The number of amides is 2. The predicted molar refractivity (Wildman–Crippen MR) is 98.0 cm³/mol. The van der Waals surface area contributed by atoms with Gasteiger partial charge in [-0.05, 0) is 43.2 Å². The molecule has 130 valence electrons. The number of carbonyl (C=O) groups excluding carboxylic acids is 2. The highest BCUT2D eigenvalue weighted by atomic mass is 16.5. The summed E-state index contributed by atoms with van der Waals surface area (Å²) < 4.78 is 5.16. The minimum absolute atomic E-state index is 0.0144. The van der Waals surface area contributed by atoms with E-state index in [0.29, 0.717) is 18.0 Å². The van der Waals surface area contributed by atoms with E-state index in [9.17, 15) is 9.59 Å². The lowest BCUT2D eigenvalue weighted by molar-refractivity contribution is -0.122. The topological polar surface area (TPSA) is 58.6 Å². The largest absolute Gasteiger partial charge is 0.497 e. The molecule has 1 aliphatic heterocycles. The van der Waals surface area contributed by atoms with E-state index in [2.05, 4.69) is 5.32 Å². The Kier molecular flexibility index (Phi) is 4.74. The first kappa shape index (κ1) is 17.0. The third kappa shape index (κ3) is 3.50. The Labute approximate surface area is 147 Å². The highest BCUT2D eigenvalue weighted by molar-refractivity contribution is 6.04. The van der Waals surface area contributed by atoms with Gasteiger partial charge in [0.2, 0.25) is 11.8 Å². The Bertz CT molecular complexity index is 816. The number of anilines is 2. The minimum atomic E-state index is -0.362. The molecular weight excluding hydrogens is 316 g/mol. The second-order valence-electron chi connectivity index (χ2n) is 6.35. The Hall–Kier alpha value is -2.82. The lowest BCUT2D eigenvalue weighted by atomic mass is 10.1. The molecule has 0 unspecified atom stereocenters. The van der Waals surface area contributed by atoms with Gasteiger partial charge in [0.15, 0.2) is 0 Å². The molecule has 0 aliphatic carbocycles. The van der Waals surface area contributed by atoms with E-state index in [-0.39, 0.29) is 24.2 Å². The van der Waals surface area contributed by atoms with Crippen LogP contribution in [0.3, 0.4) is 0 Å². The quantitative estimate of drug-likeness (QED) is 0.930. The molecule has 5 nitrogen and oxygen atoms in total. The summed E-state index contributed by atoms with van der Waals surface area (Å²) in [7, 11) is 1.58. The smallest absolute Gasteiger partial charge is 0.229 e. The molecule has 0 spiro atoms. The molecule has 2 aromatic rings. The molecular formula is C20H22N2O3. The molecule has 0 radical (unpaired) electrons. The highest BCUT2D eigenvalue weighted by Gasteiger charge is 2.35. The fourth-order valence-electron chi connectivity index (χ4n) is 3.09. The van der Waals surface area contributed by atoms with Gasteiger partial charge in [0.05, 0.1) is 13.0 Å². The van der Waals surface area contributed by atoms with Crippen LogP contribution in [0.1, 0.15) is 17.5 Å². The molecule has 5 heteroatoms. The number of hydrogen-bond donors (Lipinski definition) is 1. The molecule has 1 N–H and O–H groups in total. The minimum Gasteiger partial charge on any atom is -0.497 e. The van der Waals surface area contributed by atoms with Gasteiger partial charge in [-0.2, -0.15) is 0 Å². The summed E-state index contributed by atoms with van der Waals surface area (Å²) in [4.78, 5) is 26.7. The van der Waals surface area contributed by atoms with E-state index in [1.165, 1.54) is 0 Å². The van der Waals surface area contributed by atoms with Gasteiger partial charge in [-0.3, -0.25) is 9.59 Å². The average Bonchev–Trinajstić information content (AvgIpc) is 2.99. The summed E-state index contributed by atoms with van der Waals surface area (Å²) in [5.41, 5.74) is 3.77. The number of aryl methyl sites for hydroxylation is 1. The first-order chi connectivity index (χ1) is 12.0. The maximum absolute atomic E-state index is 12.6. The van der Waals surface area contributed by atoms with Crippen molar-refractivity contribution >= 4 is 23.2 Å². The first-order valence-corrected chi connectivity index (χ1v) is 8.31. The van der Waals surface area contributed by atoms with Crippen LogP contribution in [0.5, 0.6) is 5.75 Å². The second kappa shape index (κ2) is 6.97. The lowest BCUT2D eigenvalue weighted by Gasteiger charge is -2.20. The van der Waals surface area contributed by atoms with Crippen molar-refractivity contribution in [3.63, 3.8) is 0 Å². The van der Waals surface area contributed by atoms with Crippen molar-refractivity contribution in [1.29, 1.82) is 0 Å². The zero-order valence-electron chi connectivity index (χ0n) is 14.7. The van der Waals surface area contributed by atoms with Gasteiger partial charge in [-0.1, -0.05) is 18.2 Å². The summed E-state index contributed by atoms with van der Waals surface area (Å²) in [5, 5.41) is 2.88. The predicted octanol–water partition coefficient (Wildman–Crippen LogP) is 3.30. The summed E-state index contributed by atoms with van der Waals surface area (Å²) in [5.74, 6) is 0.157. The van der Waals surface area contributed by atoms with E-state index < -0.39 is 0 Å². The van der Waals surface area contributed by atoms with Crippen molar-refractivity contribution in [2.24, 2.45) is 5.92 Å². The zero-order valence-corrected chi connectivity index (χ0v) is 14.7. The van der Waals surface area contributed by atoms with Crippen molar-refractivity contribution < 1.29 is 14.3 Å². The molecule has 1 aliphatic rings. The molecule has 1 heterocycles. The molecule has 1 saturated heterocycles. The molecule has 25 heavy (non-hydrogen) atoms. The summed E-state index contributed by atoms with van der Waals surface area (Å²) in [6.45, 7) is 4.42. The standard InChI is InChI=1S/C20H22N2O3/c1-13-6-4-9-18(14(13)2)22-12-15(10-19(22)23)20(24)21-16-7-5-8-17(11-16)25-3/h4-9,11,15H,10,12H2,1-3H3,(H,21,24)/t15-/m1/s1. The van der Waals surface area contributed by atoms with Crippen LogP contribution in [-0.2, 0) is 9.59 Å². The summed E-state index contributed by atoms with van der Waals surface area (Å²) in [6, 6.07) is 13.1. The number of ether oxygens (including phenoxy) is 1. The van der Waals surface area contributed by atoms with Crippen LogP contribution in [0.2, 0.25) is 0 Å². The van der Waals surface area contributed by atoms with Gasteiger partial charge >= 0.3 is 0 Å². The number of hydrogen-bond acceptors (Lipinski definition) is 3. The van der Waals surface area contributed by atoms with Crippen LogP contribution in [-0.4, -0.2) is 25.5 Å². The van der Waals surface area contributed by atoms with E-state index in [4.69, 9.17) is 4.74 Å². The van der Waals surface area contributed by atoms with Gasteiger partial charge < -0.3 is 15.0 Å². The molecule has 0 saturated carbocycles. The zero-order chi connectivity index (χ0) is 18.0. The Morgan fingerprint density at radius 3 is 2.72 bits per heavy atom. The van der Waals surface area contributed by atoms with E-state index in [1.807, 2.05) is 44.2 Å². The highest BCUT2D eigenvalue weighted by Crippen LogP contribution is 2.30. The first-order valence-electron chi connectivity index (χ1n) is 8.31.